The van der Waals surface area contributed by atoms with E-state index in [2.05, 4.69) is 46.4 Å². The van der Waals surface area contributed by atoms with Crippen LogP contribution in [0.3, 0.4) is 0 Å². The van der Waals surface area contributed by atoms with E-state index in [1.165, 1.54) is 5.56 Å². The molecule has 1 aromatic carbocycles. The Labute approximate surface area is 120 Å². The second-order valence-electron chi connectivity index (χ2n) is 4.40. The van der Waals surface area contributed by atoms with E-state index < -0.39 is 0 Å². The Morgan fingerprint density at radius 2 is 2.10 bits per heavy atom. The van der Waals surface area contributed by atoms with Gasteiger partial charge in [-0.2, -0.15) is 5.26 Å². The van der Waals surface area contributed by atoms with Gasteiger partial charge in [0.1, 0.15) is 17.4 Å². The van der Waals surface area contributed by atoms with Crippen molar-refractivity contribution in [3.05, 3.63) is 53.1 Å². The van der Waals surface area contributed by atoms with Crippen LogP contribution >= 0.6 is 11.3 Å². The molecule has 3 aromatic rings. The number of nitrogens with zero attached hydrogens (tertiary/aromatic N) is 5. The van der Waals surface area contributed by atoms with Crippen LogP contribution in [0.1, 0.15) is 17.1 Å². The first kappa shape index (κ1) is 12.5. The van der Waals surface area contributed by atoms with E-state index in [4.69, 9.17) is 5.26 Å². The van der Waals surface area contributed by atoms with E-state index in [1.807, 2.05) is 11.4 Å². The van der Waals surface area contributed by atoms with Gasteiger partial charge in [-0.25, -0.2) is 4.98 Å². The Morgan fingerprint density at radius 1 is 1.30 bits per heavy atom. The summed E-state index contributed by atoms with van der Waals surface area (Å²) in [6.07, 6.45) is 1.55. The fraction of sp³-hybridized carbons (Fsp3) is 0.143. The Kier molecular flexibility index (Phi) is 3.27. The fourth-order valence-corrected chi connectivity index (χ4v) is 2.66. The van der Waals surface area contributed by atoms with Crippen molar-refractivity contribution in [2.75, 3.05) is 0 Å². The third-order valence-electron chi connectivity index (χ3n) is 2.90. The predicted molar refractivity (Wildman–Crippen MR) is 76.1 cm³/mol. The zero-order chi connectivity index (χ0) is 13.9. The predicted octanol–water partition coefficient (Wildman–Crippen LogP) is 2.63. The molecule has 2 aromatic heterocycles. The number of hydrogen-bond donors (Lipinski definition) is 0. The molecule has 0 aliphatic heterocycles. The highest BCUT2D eigenvalue weighted by molar-refractivity contribution is 7.13. The summed E-state index contributed by atoms with van der Waals surface area (Å²) >= 11 is 1.60. The molecule has 0 saturated heterocycles. The summed E-state index contributed by atoms with van der Waals surface area (Å²) in [7, 11) is 0. The molecule has 0 fully saturated rings. The van der Waals surface area contributed by atoms with Crippen LogP contribution in [0, 0.1) is 18.3 Å². The molecule has 0 bridgehead atoms. The van der Waals surface area contributed by atoms with E-state index in [0.29, 0.717) is 12.4 Å². The number of aryl methyl sites for hydroxylation is 1. The largest absolute Gasteiger partial charge is 0.299 e. The van der Waals surface area contributed by atoms with Crippen LogP contribution in [0.2, 0.25) is 0 Å². The molecule has 0 radical (unpaired) electrons. The minimum atomic E-state index is 0.301. The first-order valence-corrected chi connectivity index (χ1v) is 6.93. The summed E-state index contributed by atoms with van der Waals surface area (Å²) in [5, 5.41) is 19.3. The number of hydrogen-bond acceptors (Lipinski definition) is 5. The van der Waals surface area contributed by atoms with Gasteiger partial charge in [-0.3, -0.25) is 4.57 Å². The summed E-state index contributed by atoms with van der Waals surface area (Å²) in [6, 6.07) is 10.3. The minimum absolute atomic E-state index is 0.301. The van der Waals surface area contributed by atoms with Gasteiger partial charge in [-0.15, -0.1) is 21.5 Å². The molecule has 98 valence electrons. The van der Waals surface area contributed by atoms with Crippen LogP contribution in [-0.4, -0.2) is 19.7 Å². The van der Waals surface area contributed by atoms with Crippen LogP contribution in [-0.2, 0) is 6.54 Å². The van der Waals surface area contributed by atoms with Crippen LogP contribution in [0.15, 0.2) is 36.0 Å². The van der Waals surface area contributed by atoms with E-state index in [-0.39, 0.29) is 0 Å². The highest BCUT2D eigenvalue weighted by Gasteiger charge is 2.08. The van der Waals surface area contributed by atoms with Gasteiger partial charge in [0.25, 0.3) is 0 Å². The van der Waals surface area contributed by atoms with Crippen molar-refractivity contribution in [3.63, 3.8) is 0 Å². The lowest BCUT2D eigenvalue weighted by molar-refractivity contribution is 0.764. The Hall–Kier alpha value is -2.52. The third kappa shape index (κ3) is 2.44. The van der Waals surface area contributed by atoms with E-state index in [9.17, 15) is 0 Å². The molecule has 0 saturated carbocycles. The first-order chi connectivity index (χ1) is 9.76. The van der Waals surface area contributed by atoms with Gasteiger partial charge in [-0.05, 0) is 6.92 Å². The molecule has 0 unspecified atom stereocenters. The highest BCUT2D eigenvalue weighted by atomic mass is 32.1. The number of rotatable bonds is 3. The van der Waals surface area contributed by atoms with Gasteiger partial charge in [0.2, 0.25) is 5.82 Å². The van der Waals surface area contributed by atoms with Crippen molar-refractivity contribution in [1.82, 2.24) is 19.7 Å². The molecular weight excluding hydrogens is 270 g/mol. The van der Waals surface area contributed by atoms with E-state index in [0.717, 1.165) is 16.3 Å². The molecule has 3 rings (SSSR count). The molecular formula is C14H11N5S. The lowest BCUT2D eigenvalue weighted by atomic mass is 10.2. The van der Waals surface area contributed by atoms with Gasteiger partial charge >= 0.3 is 0 Å². The summed E-state index contributed by atoms with van der Waals surface area (Å²) in [5.41, 5.74) is 3.24. The van der Waals surface area contributed by atoms with E-state index >= 15 is 0 Å². The van der Waals surface area contributed by atoms with Crippen molar-refractivity contribution in [3.8, 4) is 16.6 Å². The summed E-state index contributed by atoms with van der Waals surface area (Å²) in [4.78, 5) is 4.59. The summed E-state index contributed by atoms with van der Waals surface area (Å²) in [6.45, 7) is 2.57. The van der Waals surface area contributed by atoms with Crippen molar-refractivity contribution in [1.29, 1.82) is 5.26 Å². The normalized spacial score (nSPS) is 10.4. The molecule has 0 aliphatic rings. The Bertz CT molecular complexity index is 763. The Morgan fingerprint density at radius 3 is 2.85 bits per heavy atom. The minimum Gasteiger partial charge on any atom is -0.299 e. The zero-order valence-electron chi connectivity index (χ0n) is 10.8. The molecule has 0 amide bonds. The van der Waals surface area contributed by atoms with Crippen LogP contribution in [0.5, 0.6) is 0 Å². The van der Waals surface area contributed by atoms with E-state index in [1.54, 1.807) is 22.2 Å². The van der Waals surface area contributed by atoms with Gasteiger partial charge in [0.15, 0.2) is 0 Å². The number of nitriles is 1. The van der Waals surface area contributed by atoms with Crippen LogP contribution in [0.25, 0.3) is 10.6 Å². The summed E-state index contributed by atoms with van der Waals surface area (Å²) in [5.74, 6) is 0.301. The SMILES string of the molecule is Cc1ccc(-c2nc(Cn3cnnc3C#N)cs2)cc1. The first-order valence-electron chi connectivity index (χ1n) is 6.05. The Balaban J connectivity index is 1.84. The number of aromatic nitrogens is 4. The van der Waals surface area contributed by atoms with Gasteiger partial charge in [-0.1, -0.05) is 29.8 Å². The van der Waals surface area contributed by atoms with Crippen molar-refractivity contribution in [2.24, 2.45) is 0 Å². The molecule has 0 aliphatic carbocycles. The zero-order valence-corrected chi connectivity index (χ0v) is 11.6. The van der Waals surface area contributed by atoms with Gasteiger partial charge in [0.05, 0.1) is 12.2 Å². The second kappa shape index (κ2) is 5.23. The monoisotopic (exact) mass is 281 g/mol. The van der Waals surface area contributed by atoms with Crippen molar-refractivity contribution in [2.45, 2.75) is 13.5 Å². The van der Waals surface area contributed by atoms with Gasteiger partial charge < -0.3 is 0 Å². The standard InChI is InChI=1S/C14H11N5S/c1-10-2-4-11(5-3-10)14-17-12(8-20-14)7-19-9-16-18-13(19)6-15/h2-5,8-9H,7H2,1H3. The average Bonchev–Trinajstić information content (AvgIpc) is 3.09. The maximum Gasteiger partial charge on any atom is 0.235 e. The maximum absolute atomic E-state index is 8.90. The topological polar surface area (TPSA) is 67.4 Å². The van der Waals surface area contributed by atoms with Gasteiger partial charge in [0, 0.05) is 10.9 Å². The lowest BCUT2D eigenvalue weighted by Crippen LogP contribution is -2.01. The van der Waals surface area contributed by atoms with Crippen LogP contribution < -0.4 is 0 Å². The molecule has 0 spiro atoms. The molecule has 6 heteroatoms. The average molecular weight is 281 g/mol. The second-order valence-corrected chi connectivity index (χ2v) is 5.26. The van der Waals surface area contributed by atoms with Crippen LogP contribution in [0.4, 0.5) is 0 Å². The molecule has 5 nitrogen and oxygen atoms in total. The molecule has 20 heavy (non-hydrogen) atoms. The maximum atomic E-state index is 8.90. The third-order valence-corrected chi connectivity index (χ3v) is 3.84. The smallest absolute Gasteiger partial charge is 0.235 e. The van der Waals surface area contributed by atoms with Crippen molar-refractivity contribution < 1.29 is 0 Å². The number of benzene rings is 1. The summed E-state index contributed by atoms with van der Waals surface area (Å²) < 4.78 is 1.69. The quantitative estimate of drug-likeness (QED) is 0.740. The molecule has 0 atom stereocenters. The fourth-order valence-electron chi connectivity index (χ4n) is 1.84. The molecule has 2 heterocycles. The molecule has 0 N–H and O–H groups in total. The van der Waals surface area contributed by atoms with Crippen molar-refractivity contribution >= 4 is 11.3 Å². The highest BCUT2D eigenvalue weighted by Crippen LogP contribution is 2.24. The lowest BCUT2D eigenvalue weighted by Gasteiger charge is -1.99. The number of thiazole rings is 1.